The van der Waals surface area contributed by atoms with Crippen molar-refractivity contribution in [2.45, 2.75) is 25.2 Å². The highest BCUT2D eigenvalue weighted by Crippen LogP contribution is 2.33. The van der Waals surface area contributed by atoms with Crippen LogP contribution in [0.2, 0.25) is 5.02 Å². The van der Waals surface area contributed by atoms with E-state index in [1.807, 2.05) is 36.4 Å². The van der Waals surface area contributed by atoms with Gasteiger partial charge in [0.15, 0.2) is 0 Å². The van der Waals surface area contributed by atoms with Gasteiger partial charge in [-0.1, -0.05) is 29.5 Å². The number of aromatic nitrogens is 3. The van der Waals surface area contributed by atoms with E-state index >= 15 is 0 Å². The normalized spacial score (nSPS) is 18.5. The lowest BCUT2D eigenvalue weighted by Crippen LogP contribution is -2.42. The summed E-state index contributed by atoms with van der Waals surface area (Å²) in [7, 11) is 0. The second-order valence-electron chi connectivity index (χ2n) is 9.50. The van der Waals surface area contributed by atoms with E-state index in [0.29, 0.717) is 62.5 Å². The summed E-state index contributed by atoms with van der Waals surface area (Å²) in [6, 6.07) is 13.1. The van der Waals surface area contributed by atoms with Crippen molar-refractivity contribution in [2.24, 2.45) is 0 Å². The van der Waals surface area contributed by atoms with Gasteiger partial charge >= 0.3 is 6.09 Å². The van der Waals surface area contributed by atoms with Gasteiger partial charge in [0.25, 0.3) is 0 Å². The summed E-state index contributed by atoms with van der Waals surface area (Å²) in [6.07, 6.45) is 3.40. The average Bonchev–Trinajstić information content (AvgIpc) is 3.64. The molecule has 0 saturated carbocycles. The van der Waals surface area contributed by atoms with Gasteiger partial charge in [-0.05, 0) is 36.4 Å². The number of fused-ring (bicyclic) bond motifs is 1. The molecule has 6 rings (SSSR count). The van der Waals surface area contributed by atoms with Gasteiger partial charge in [0.1, 0.15) is 35.4 Å². The van der Waals surface area contributed by atoms with Crippen molar-refractivity contribution in [3.63, 3.8) is 0 Å². The summed E-state index contributed by atoms with van der Waals surface area (Å²) in [5, 5.41) is 8.01. The zero-order chi connectivity index (χ0) is 28.0. The molecule has 1 aromatic carbocycles. The first-order chi connectivity index (χ1) is 20.1. The molecule has 2 N–H and O–H groups in total. The van der Waals surface area contributed by atoms with Crippen LogP contribution in [0.5, 0.6) is 5.75 Å². The molecule has 0 unspecified atom stereocenters. The number of hydrogen-bond donors (Lipinski definition) is 2. The Morgan fingerprint density at radius 1 is 1.20 bits per heavy atom. The molecule has 0 bridgehead atoms. The maximum absolute atomic E-state index is 12.4. The van der Waals surface area contributed by atoms with Crippen LogP contribution in [0.25, 0.3) is 10.2 Å². The molecular formula is C29H27ClN6O4S. The van der Waals surface area contributed by atoms with Gasteiger partial charge in [-0.2, -0.15) is 0 Å². The molecule has 2 atom stereocenters. The van der Waals surface area contributed by atoms with E-state index < -0.39 is 0 Å². The number of nitrogens with zero attached hydrogens (tertiary/aromatic N) is 4. The highest BCUT2D eigenvalue weighted by molar-refractivity contribution is 7.19. The maximum Gasteiger partial charge on any atom is 0.410 e. The van der Waals surface area contributed by atoms with E-state index in [2.05, 4.69) is 37.4 Å². The van der Waals surface area contributed by atoms with Gasteiger partial charge in [-0.15, -0.1) is 11.3 Å². The molecule has 0 spiro atoms. The van der Waals surface area contributed by atoms with E-state index in [1.165, 1.54) is 17.7 Å². The van der Waals surface area contributed by atoms with E-state index in [0.717, 1.165) is 26.5 Å². The van der Waals surface area contributed by atoms with Crippen molar-refractivity contribution in [1.29, 1.82) is 0 Å². The van der Waals surface area contributed by atoms with Crippen molar-refractivity contribution in [3.05, 3.63) is 70.6 Å². The van der Waals surface area contributed by atoms with E-state index in [9.17, 15) is 4.79 Å². The van der Waals surface area contributed by atoms with Gasteiger partial charge < -0.3 is 24.4 Å². The smallest absolute Gasteiger partial charge is 0.410 e. The standard InChI is InChI=1S/C29H27ClN6O4S/c30-25-14-20(5-7-26(25)39-17-21-3-1-2-8-31-21)35-27-24-15-23(41-28(24)34-18-33-27)6-4-19-13-22(16-32-19)40-29(37)36-9-11-38-12-10-36/h1-3,5,7-8,14-15,18-19,22,32H,9-13,16-17H2,(H,33,34,35)/t19-,22-/m1/s1. The molecule has 4 aromatic rings. The van der Waals surface area contributed by atoms with Crippen LogP contribution in [0.4, 0.5) is 16.3 Å². The van der Waals surface area contributed by atoms with Gasteiger partial charge in [-0.25, -0.2) is 14.8 Å². The lowest BCUT2D eigenvalue weighted by Gasteiger charge is -2.27. The molecule has 2 saturated heterocycles. The van der Waals surface area contributed by atoms with Crippen LogP contribution < -0.4 is 15.4 Å². The molecule has 41 heavy (non-hydrogen) atoms. The number of benzene rings is 1. The third-order valence-corrected chi connectivity index (χ3v) is 7.88. The predicted octanol–water partition coefficient (Wildman–Crippen LogP) is 4.61. The molecule has 12 heteroatoms. The van der Waals surface area contributed by atoms with Crippen LogP contribution in [0.1, 0.15) is 17.0 Å². The number of ether oxygens (including phenoxy) is 3. The van der Waals surface area contributed by atoms with E-state index in [1.54, 1.807) is 17.2 Å². The minimum atomic E-state index is -0.287. The summed E-state index contributed by atoms with van der Waals surface area (Å²) in [4.78, 5) is 28.9. The van der Waals surface area contributed by atoms with Crippen LogP contribution in [-0.2, 0) is 16.1 Å². The number of anilines is 2. The zero-order valence-electron chi connectivity index (χ0n) is 22.0. The van der Waals surface area contributed by atoms with Gasteiger partial charge in [0, 0.05) is 37.9 Å². The zero-order valence-corrected chi connectivity index (χ0v) is 23.6. The molecular weight excluding hydrogens is 564 g/mol. The molecule has 3 aromatic heterocycles. The Bertz CT molecular complexity index is 1580. The van der Waals surface area contributed by atoms with Crippen LogP contribution in [0, 0.1) is 11.8 Å². The molecule has 210 valence electrons. The molecule has 5 heterocycles. The molecule has 2 fully saturated rings. The number of pyridine rings is 1. The number of nitrogens with one attached hydrogen (secondary N) is 2. The SMILES string of the molecule is O=C(O[C@H]1CN[C@H](C#Cc2cc3c(Nc4ccc(OCc5ccccn5)c(Cl)c4)ncnc3s2)C1)N1CCOCC1. The van der Waals surface area contributed by atoms with Crippen LogP contribution in [0.3, 0.4) is 0 Å². The Morgan fingerprint density at radius 3 is 2.93 bits per heavy atom. The second kappa shape index (κ2) is 12.7. The third kappa shape index (κ3) is 6.86. The van der Waals surface area contributed by atoms with E-state index in [4.69, 9.17) is 25.8 Å². The fourth-order valence-corrected chi connectivity index (χ4v) is 5.60. The Balaban J connectivity index is 1.08. The van der Waals surface area contributed by atoms with Crippen molar-refractivity contribution in [3.8, 4) is 17.6 Å². The minimum absolute atomic E-state index is 0.0630. The van der Waals surface area contributed by atoms with Gasteiger partial charge in [0.05, 0.1) is 40.2 Å². The van der Waals surface area contributed by atoms with Crippen molar-refractivity contribution < 1.29 is 19.0 Å². The Labute approximate surface area is 246 Å². The van der Waals surface area contributed by atoms with Gasteiger partial charge in [0.2, 0.25) is 0 Å². The number of carbonyl (C=O) groups excluding carboxylic acids is 1. The molecule has 2 aliphatic rings. The Morgan fingerprint density at radius 2 is 2.10 bits per heavy atom. The first kappa shape index (κ1) is 27.2. The largest absolute Gasteiger partial charge is 0.486 e. The van der Waals surface area contributed by atoms with Crippen molar-refractivity contribution in [1.82, 2.24) is 25.2 Å². The van der Waals surface area contributed by atoms with Crippen molar-refractivity contribution in [2.75, 3.05) is 38.2 Å². The number of carbonyl (C=O) groups is 1. The highest BCUT2D eigenvalue weighted by Gasteiger charge is 2.28. The molecule has 10 nitrogen and oxygen atoms in total. The minimum Gasteiger partial charge on any atom is -0.486 e. The Kier molecular flexibility index (Phi) is 8.44. The summed E-state index contributed by atoms with van der Waals surface area (Å²) in [6.45, 7) is 3.13. The number of amides is 1. The third-order valence-electron chi connectivity index (χ3n) is 6.62. The molecule has 0 radical (unpaired) electrons. The average molecular weight is 591 g/mol. The summed E-state index contributed by atoms with van der Waals surface area (Å²) in [5.74, 6) is 7.75. The predicted molar refractivity (Wildman–Crippen MR) is 157 cm³/mol. The van der Waals surface area contributed by atoms with Crippen LogP contribution in [-0.4, -0.2) is 70.9 Å². The number of morpholine rings is 1. The van der Waals surface area contributed by atoms with Crippen LogP contribution in [0.15, 0.2) is 55.0 Å². The second-order valence-corrected chi connectivity index (χ2v) is 10.9. The van der Waals surface area contributed by atoms with E-state index in [-0.39, 0.29) is 18.2 Å². The molecule has 2 aliphatic heterocycles. The quantitative estimate of drug-likeness (QED) is 0.311. The molecule has 0 aliphatic carbocycles. The fraction of sp³-hybridized carbons (Fsp3) is 0.310. The van der Waals surface area contributed by atoms with Crippen molar-refractivity contribution >= 4 is 50.8 Å². The number of hydrogen-bond acceptors (Lipinski definition) is 10. The Hall–Kier alpha value is -3.95. The number of thiophene rings is 1. The number of rotatable bonds is 6. The summed E-state index contributed by atoms with van der Waals surface area (Å²) < 4.78 is 16.8. The maximum atomic E-state index is 12.4. The lowest BCUT2D eigenvalue weighted by atomic mass is 10.2. The fourth-order valence-electron chi connectivity index (χ4n) is 4.51. The summed E-state index contributed by atoms with van der Waals surface area (Å²) in [5.41, 5.74) is 1.59. The first-order valence-corrected chi connectivity index (χ1v) is 14.4. The monoisotopic (exact) mass is 590 g/mol. The topological polar surface area (TPSA) is 111 Å². The lowest BCUT2D eigenvalue weighted by molar-refractivity contribution is 0.0156. The number of halogens is 1. The highest BCUT2D eigenvalue weighted by atomic mass is 35.5. The van der Waals surface area contributed by atoms with Crippen LogP contribution >= 0.6 is 22.9 Å². The van der Waals surface area contributed by atoms with Gasteiger partial charge in [-0.3, -0.25) is 10.3 Å². The first-order valence-electron chi connectivity index (χ1n) is 13.2. The summed E-state index contributed by atoms with van der Waals surface area (Å²) >= 11 is 7.99. The molecule has 1 amide bonds.